The Bertz CT molecular complexity index is 575. The smallest absolute Gasteiger partial charge is 0.212 e. The first-order valence-electron chi connectivity index (χ1n) is 5.56. The van der Waals surface area contributed by atoms with Crippen LogP contribution in [0.4, 0.5) is 0 Å². The van der Waals surface area contributed by atoms with Gasteiger partial charge in [-0.3, -0.25) is 9.59 Å². The Morgan fingerprint density at radius 2 is 1.71 bits per heavy atom. The second-order valence-corrected chi connectivity index (χ2v) is 4.47. The Balaban J connectivity index is 2.16. The first-order valence-corrected chi connectivity index (χ1v) is 5.56. The Morgan fingerprint density at radius 1 is 1.18 bits per heavy atom. The van der Waals surface area contributed by atoms with E-state index in [1.54, 1.807) is 24.3 Å². The van der Waals surface area contributed by atoms with E-state index in [1.807, 2.05) is 11.8 Å². The highest BCUT2D eigenvalue weighted by Gasteiger charge is 2.41. The summed E-state index contributed by atoms with van der Waals surface area (Å²) in [6.07, 6.45) is 0. The van der Waals surface area contributed by atoms with Gasteiger partial charge in [0.15, 0.2) is 0 Å². The Morgan fingerprint density at radius 3 is 2.24 bits per heavy atom. The lowest BCUT2D eigenvalue weighted by atomic mass is 9.90. The average molecular weight is 228 g/mol. The van der Waals surface area contributed by atoms with Crippen molar-refractivity contribution in [1.82, 2.24) is 4.90 Å². The van der Waals surface area contributed by atoms with Crippen LogP contribution in [-0.2, 0) is 0 Å². The molecule has 17 heavy (non-hydrogen) atoms. The number of hydrogen-bond acceptors (Lipinski definition) is 4. The van der Waals surface area contributed by atoms with E-state index >= 15 is 0 Å². The first kappa shape index (κ1) is 10.1. The lowest BCUT2D eigenvalue weighted by Gasteiger charge is -2.19. The number of allylic oxidation sites excluding steroid dienone is 2. The normalized spacial score (nSPS) is 22.9. The van der Waals surface area contributed by atoms with Crippen molar-refractivity contribution in [2.24, 2.45) is 5.73 Å². The van der Waals surface area contributed by atoms with Crippen molar-refractivity contribution in [2.45, 2.75) is 13.0 Å². The number of hydrogen-bond donors (Lipinski definition) is 1. The first-order chi connectivity index (χ1) is 8.11. The highest BCUT2D eigenvalue weighted by molar-refractivity contribution is 6.26. The second-order valence-electron chi connectivity index (χ2n) is 4.47. The van der Waals surface area contributed by atoms with Crippen molar-refractivity contribution in [1.29, 1.82) is 0 Å². The molecule has 1 unspecified atom stereocenters. The van der Waals surface area contributed by atoms with Crippen LogP contribution in [0, 0.1) is 0 Å². The second kappa shape index (κ2) is 3.20. The predicted octanol–water partition coefficient (Wildman–Crippen LogP) is 0.940. The maximum Gasteiger partial charge on any atom is 0.212 e. The molecule has 0 aromatic heterocycles. The number of ketones is 2. The molecule has 0 radical (unpaired) electrons. The summed E-state index contributed by atoms with van der Waals surface area (Å²) in [5, 5.41) is 0. The standard InChI is InChI=1S/C13H12N2O2/c1-7-6-15(7)11-10(14)12(16)8-4-2-3-5-9(8)13(11)17/h2-5,7H,6,14H2,1H3. The number of carbonyl (C=O) groups is 2. The number of rotatable bonds is 1. The third kappa shape index (κ3) is 1.30. The summed E-state index contributed by atoms with van der Waals surface area (Å²) in [5.41, 5.74) is 7.13. The van der Waals surface area contributed by atoms with Gasteiger partial charge in [0.1, 0.15) is 11.4 Å². The number of nitrogens with two attached hydrogens (primary N) is 1. The van der Waals surface area contributed by atoms with E-state index in [0.29, 0.717) is 22.9 Å². The number of nitrogens with zero attached hydrogens (tertiary/aromatic N) is 1. The van der Waals surface area contributed by atoms with Crippen LogP contribution < -0.4 is 5.73 Å². The fourth-order valence-corrected chi connectivity index (χ4v) is 2.22. The van der Waals surface area contributed by atoms with Crippen molar-refractivity contribution in [3.05, 3.63) is 46.8 Å². The molecule has 0 spiro atoms. The van der Waals surface area contributed by atoms with Gasteiger partial charge in [0.05, 0.1) is 0 Å². The molecule has 0 amide bonds. The van der Waals surface area contributed by atoms with Gasteiger partial charge in [0.25, 0.3) is 0 Å². The van der Waals surface area contributed by atoms with Gasteiger partial charge in [-0.2, -0.15) is 0 Å². The summed E-state index contributed by atoms with van der Waals surface area (Å²) in [5.74, 6) is -0.378. The Labute approximate surface area is 98.7 Å². The monoisotopic (exact) mass is 228 g/mol. The Kier molecular flexibility index (Phi) is 1.90. The van der Waals surface area contributed by atoms with E-state index < -0.39 is 0 Å². The van der Waals surface area contributed by atoms with E-state index in [2.05, 4.69) is 0 Å². The molecule has 86 valence electrons. The zero-order valence-electron chi connectivity index (χ0n) is 9.43. The molecule has 3 rings (SSSR count). The average Bonchev–Trinajstić information content (AvgIpc) is 3.04. The third-order valence-electron chi connectivity index (χ3n) is 3.28. The molecule has 4 heteroatoms. The van der Waals surface area contributed by atoms with Crippen LogP contribution >= 0.6 is 0 Å². The molecule has 1 aromatic carbocycles. The molecule has 1 aromatic rings. The minimum Gasteiger partial charge on any atom is -0.394 e. The van der Waals surface area contributed by atoms with Crippen LogP contribution in [0.3, 0.4) is 0 Å². The highest BCUT2D eigenvalue weighted by Crippen LogP contribution is 2.32. The molecule has 1 atom stereocenters. The number of carbonyl (C=O) groups excluding carboxylic acids is 2. The van der Waals surface area contributed by atoms with Gasteiger partial charge in [-0.25, -0.2) is 0 Å². The van der Waals surface area contributed by atoms with Gasteiger partial charge in [0.2, 0.25) is 11.6 Å². The van der Waals surface area contributed by atoms with Gasteiger partial charge in [-0.05, 0) is 6.92 Å². The summed E-state index contributed by atoms with van der Waals surface area (Å²) in [6.45, 7) is 2.79. The van der Waals surface area contributed by atoms with Crippen LogP contribution in [-0.4, -0.2) is 29.1 Å². The number of benzene rings is 1. The molecule has 1 saturated heterocycles. The molecule has 1 aliphatic heterocycles. The molecule has 1 fully saturated rings. The van der Waals surface area contributed by atoms with Crippen molar-refractivity contribution in [2.75, 3.05) is 6.54 Å². The molecular weight excluding hydrogens is 216 g/mol. The van der Waals surface area contributed by atoms with E-state index in [1.165, 1.54) is 0 Å². The molecule has 1 heterocycles. The maximum absolute atomic E-state index is 12.3. The Hall–Kier alpha value is -2.10. The molecule has 0 saturated carbocycles. The van der Waals surface area contributed by atoms with Crippen LogP contribution in [0.5, 0.6) is 0 Å². The van der Waals surface area contributed by atoms with Crippen LogP contribution in [0.25, 0.3) is 0 Å². The molecule has 2 N–H and O–H groups in total. The van der Waals surface area contributed by atoms with Crippen molar-refractivity contribution in [3.63, 3.8) is 0 Å². The van der Waals surface area contributed by atoms with Gasteiger partial charge in [-0.1, -0.05) is 24.3 Å². The van der Waals surface area contributed by atoms with Gasteiger partial charge < -0.3 is 10.6 Å². The summed E-state index contributed by atoms with van der Waals surface area (Å²) < 4.78 is 0. The lowest BCUT2D eigenvalue weighted by molar-refractivity contribution is 0.0958. The van der Waals surface area contributed by atoms with Crippen molar-refractivity contribution < 1.29 is 9.59 Å². The summed E-state index contributed by atoms with van der Waals surface area (Å²) in [4.78, 5) is 26.2. The topological polar surface area (TPSA) is 63.2 Å². The third-order valence-corrected chi connectivity index (χ3v) is 3.28. The zero-order valence-corrected chi connectivity index (χ0v) is 9.43. The maximum atomic E-state index is 12.3. The molecule has 4 nitrogen and oxygen atoms in total. The van der Waals surface area contributed by atoms with Crippen molar-refractivity contribution >= 4 is 11.6 Å². The van der Waals surface area contributed by atoms with Crippen LogP contribution in [0.15, 0.2) is 35.7 Å². The van der Waals surface area contributed by atoms with E-state index in [4.69, 9.17) is 5.73 Å². The fraction of sp³-hybridized carbons (Fsp3) is 0.231. The molecule has 1 aliphatic carbocycles. The van der Waals surface area contributed by atoms with E-state index in [0.717, 1.165) is 6.54 Å². The summed E-state index contributed by atoms with van der Waals surface area (Å²) in [7, 11) is 0. The summed E-state index contributed by atoms with van der Waals surface area (Å²) in [6, 6.07) is 7.11. The largest absolute Gasteiger partial charge is 0.394 e. The fourth-order valence-electron chi connectivity index (χ4n) is 2.22. The minimum absolute atomic E-state index is 0.0815. The van der Waals surface area contributed by atoms with Crippen LogP contribution in [0.1, 0.15) is 27.6 Å². The summed E-state index contributed by atoms with van der Waals surface area (Å²) >= 11 is 0. The molecule has 2 aliphatic rings. The number of Topliss-reactive ketones (excluding diaryl/α,β-unsaturated/α-hetero) is 2. The van der Waals surface area contributed by atoms with Gasteiger partial charge in [-0.15, -0.1) is 0 Å². The van der Waals surface area contributed by atoms with Gasteiger partial charge in [0, 0.05) is 23.7 Å². The zero-order chi connectivity index (χ0) is 12.2. The van der Waals surface area contributed by atoms with Crippen molar-refractivity contribution in [3.8, 4) is 0 Å². The lowest BCUT2D eigenvalue weighted by Crippen LogP contribution is -2.30. The van der Waals surface area contributed by atoms with Crippen LogP contribution in [0.2, 0.25) is 0 Å². The SMILES string of the molecule is CC1CN1C1=C(N)C(=O)c2ccccc2C1=O. The van der Waals surface area contributed by atoms with E-state index in [-0.39, 0.29) is 17.3 Å². The van der Waals surface area contributed by atoms with E-state index in [9.17, 15) is 9.59 Å². The predicted molar refractivity (Wildman–Crippen MR) is 62.5 cm³/mol. The molecular formula is C13H12N2O2. The minimum atomic E-state index is -0.241. The molecule has 0 bridgehead atoms. The number of fused-ring (bicyclic) bond motifs is 1. The highest BCUT2D eigenvalue weighted by atomic mass is 16.1. The quantitative estimate of drug-likeness (QED) is 0.726. The van der Waals surface area contributed by atoms with Gasteiger partial charge >= 0.3 is 0 Å².